The van der Waals surface area contributed by atoms with Gasteiger partial charge in [0, 0.05) is 17.0 Å². The summed E-state index contributed by atoms with van der Waals surface area (Å²) in [6.45, 7) is 0.983. The van der Waals surface area contributed by atoms with Crippen molar-refractivity contribution >= 4 is 23.2 Å². The second kappa shape index (κ2) is 7.56. The highest BCUT2D eigenvalue weighted by Crippen LogP contribution is 2.36. The van der Waals surface area contributed by atoms with Crippen LogP contribution in [0.2, 0.25) is 0 Å². The summed E-state index contributed by atoms with van der Waals surface area (Å²) in [6, 6.07) is 5.94. The Hall–Kier alpha value is -3.20. The molecule has 0 saturated carbocycles. The molecule has 0 N–H and O–H groups in total. The van der Waals surface area contributed by atoms with E-state index in [1.54, 1.807) is 6.08 Å². The van der Waals surface area contributed by atoms with Gasteiger partial charge in [-0.1, -0.05) is 0 Å². The highest BCUT2D eigenvalue weighted by atomic mass is 32.1. The summed E-state index contributed by atoms with van der Waals surface area (Å²) < 4.78 is 78.0. The maximum atomic E-state index is 13.8. The molecule has 1 aliphatic rings. The molecule has 0 fully saturated rings. The first kappa shape index (κ1) is 20.1. The lowest BCUT2D eigenvalue weighted by molar-refractivity contribution is 0.101. The average molecular weight is 438 g/mol. The van der Waals surface area contributed by atoms with Crippen LogP contribution in [0.15, 0.2) is 35.4 Å². The quantitative estimate of drug-likeness (QED) is 0.219. The van der Waals surface area contributed by atoms with E-state index in [1.165, 1.54) is 29.5 Å². The smallest absolute Gasteiger partial charge is 0.232 e. The molecule has 9 heteroatoms. The lowest BCUT2D eigenvalue weighted by Gasteiger charge is -2.10. The third-order valence-corrected chi connectivity index (χ3v) is 5.46. The predicted molar refractivity (Wildman–Crippen MR) is 99.0 cm³/mol. The first-order valence-corrected chi connectivity index (χ1v) is 9.41. The number of carbonyl (C=O) groups is 1. The van der Waals surface area contributed by atoms with Crippen molar-refractivity contribution in [3.05, 3.63) is 86.1 Å². The largest absolute Gasteiger partial charge is 0.489 e. The van der Waals surface area contributed by atoms with Gasteiger partial charge in [0.15, 0.2) is 29.0 Å². The predicted octanol–water partition coefficient (Wildman–Crippen LogP) is 5.95. The molecule has 0 aliphatic carbocycles. The van der Waals surface area contributed by atoms with Crippen molar-refractivity contribution in [2.75, 3.05) is 0 Å². The summed E-state index contributed by atoms with van der Waals surface area (Å²) in [5.74, 6) is -10.3. The molecule has 0 spiro atoms. The molecule has 154 valence electrons. The molecule has 0 unspecified atom stereocenters. The molecule has 0 amide bonds. The van der Waals surface area contributed by atoms with Gasteiger partial charge in [-0.3, -0.25) is 4.79 Å². The third kappa shape index (κ3) is 3.35. The summed E-state index contributed by atoms with van der Waals surface area (Å²) in [4.78, 5) is 13.3. The van der Waals surface area contributed by atoms with E-state index in [9.17, 15) is 26.7 Å². The number of benzene rings is 2. The second-order valence-electron chi connectivity index (χ2n) is 6.40. The highest BCUT2D eigenvalue weighted by molar-refractivity contribution is 7.11. The number of hydrogen-bond acceptors (Lipinski definition) is 4. The van der Waals surface area contributed by atoms with Gasteiger partial charge < -0.3 is 9.47 Å². The standard InChI is InChI=1S/C21H11F5O3S/c1-9-4-5-30-15(9)7-14-21(27)11-3-2-10(6-13(11)29-14)28-8-12-16(22)18(24)20(26)19(25)17(12)23/h2-7H,8H2,1H3/b14-7-. The maximum Gasteiger partial charge on any atom is 0.232 e. The van der Waals surface area contributed by atoms with Crippen LogP contribution in [0.25, 0.3) is 6.08 Å². The van der Waals surface area contributed by atoms with Crippen molar-refractivity contribution in [2.45, 2.75) is 13.5 Å². The topological polar surface area (TPSA) is 35.5 Å². The number of carbonyl (C=O) groups excluding carboxylic acids is 1. The lowest BCUT2D eigenvalue weighted by atomic mass is 10.1. The van der Waals surface area contributed by atoms with E-state index >= 15 is 0 Å². The van der Waals surface area contributed by atoms with E-state index in [2.05, 4.69) is 0 Å². The average Bonchev–Trinajstić information content (AvgIpc) is 3.27. The summed E-state index contributed by atoms with van der Waals surface area (Å²) >= 11 is 1.44. The fourth-order valence-corrected chi connectivity index (χ4v) is 3.69. The fraction of sp³-hybridized carbons (Fsp3) is 0.0952. The summed E-state index contributed by atoms with van der Waals surface area (Å²) in [6.07, 6.45) is 1.61. The number of ketones is 1. The number of Topliss-reactive ketones (excluding diaryl/α,β-unsaturated/α-hetero) is 1. The van der Waals surface area contributed by atoms with Gasteiger partial charge in [0.1, 0.15) is 18.1 Å². The number of rotatable bonds is 4. The maximum absolute atomic E-state index is 13.8. The first-order valence-electron chi connectivity index (χ1n) is 8.53. The van der Waals surface area contributed by atoms with Crippen molar-refractivity contribution < 1.29 is 36.2 Å². The second-order valence-corrected chi connectivity index (χ2v) is 7.35. The van der Waals surface area contributed by atoms with Crippen LogP contribution >= 0.6 is 11.3 Å². The molecule has 1 aliphatic heterocycles. The first-order chi connectivity index (χ1) is 14.3. The van der Waals surface area contributed by atoms with Crippen LogP contribution in [0.1, 0.15) is 26.4 Å². The lowest BCUT2D eigenvalue weighted by Crippen LogP contribution is -2.09. The Bertz CT molecular complexity index is 1190. The molecule has 0 radical (unpaired) electrons. The summed E-state index contributed by atoms with van der Waals surface area (Å²) in [5, 5.41) is 1.87. The van der Waals surface area contributed by atoms with E-state index in [1.807, 2.05) is 18.4 Å². The molecule has 0 atom stereocenters. The van der Waals surface area contributed by atoms with Crippen molar-refractivity contribution in [3.8, 4) is 11.5 Å². The minimum absolute atomic E-state index is 0.0269. The number of ether oxygens (including phenoxy) is 2. The number of allylic oxidation sites excluding steroid dienone is 1. The van der Waals surface area contributed by atoms with Crippen LogP contribution in [0.5, 0.6) is 11.5 Å². The van der Waals surface area contributed by atoms with Crippen LogP contribution in [0.3, 0.4) is 0 Å². The highest BCUT2D eigenvalue weighted by Gasteiger charge is 2.29. The van der Waals surface area contributed by atoms with Crippen molar-refractivity contribution in [1.29, 1.82) is 0 Å². The molecule has 3 aromatic rings. The van der Waals surface area contributed by atoms with Gasteiger partial charge in [0.2, 0.25) is 11.6 Å². The SMILES string of the molecule is Cc1ccsc1/C=C1\Oc2cc(OCc3c(F)c(F)c(F)c(F)c3F)ccc2C1=O. The van der Waals surface area contributed by atoms with Gasteiger partial charge in [0.25, 0.3) is 0 Å². The van der Waals surface area contributed by atoms with E-state index in [0.717, 1.165) is 10.4 Å². The molecule has 4 rings (SSSR count). The molecule has 2 heterocycles. The Kier molecular flexibility index (Phi) is 5.07. The molecular formula is C21H11F5O3S. The minimum Gasteiger partial charge on any atom is -0.489 e. The van der Waals surface area contributed by atoms with Gasteiger partial charge in [-0.15, -0.1) is 11.3 Å². The van der Waals surface area contributed by atoms with Crippen LogP contribution in [-0.4, -0.2) is 5.78 Å². The molecule has 2 aromatic carbocycles. The Balaban J connectivity index is 1.57. The zero-order valence-corrected chi connectivity index (χ0v) is 16.0. The van der Waals surface area contributed by atoms with E-state index in [-0.39, 0.29) is 28.6 Å². The molecule has 30 heavy (non-hydrogen) atoms. The van der Waals surface area contributed by atoms with Crippen molar-refractivity contribution in [3.63, 3.8) is 0 Å². The molecule has 0 saturated heterocycles. The fourth-order valence-electron chi connectivity index (χ4n) is 2.84. The molecule has 3 nitrogen and oxygen atoms in total. The van der Waals surface area contributed by atoms with Crippen molar-refractivity contribution in [1.82, 2.24) is 0 Å². The van der Waals surface area contributed by atoms with Crippen LogP contribution < -0.4 is 9.47 Å². The Morgan fingerprint density at radius 1 is 1.00 bits per heavy atom. The van der Waals surface area contributed by atoms with Gasteiger partial charge in [-0.2, -0.15) is 0 Å². The minimum atomic E-state index is -2.24. The summed E-state index contributed by atoms with van der Waals surface area (Å²) in [5.41, 5.74) is 0.142. The monoisotopic (exact) mass is 438 g/mol. The van der Waals surface area contributed by atoms with Crippen molar-refractivity contribution in [2.24, 2.45) is 0 Å². The number of fused-ring (bicyclic) bond motifs is 1. The summed E-state index contributed by atoms with van der Waals surface area (Å²) in [7, 11) is 0. The van der Waals surface area contributed by atoms with Crippen LogP contribution in [0.4, 0.5) is 22.0 Å². The van der Waals surface area contributed by atoms with E-state index in [4.69, 9.17) is 9.47 Å². The zero-order valence-electron chi connectivity index (χ0n) is 15.2. The number of hydrogen-bond donors (Lipinski definition) is 0. The zero-order chi connectivity index (χ0) is 21.6. The molecule has 1 aromatic heterocycles. The van der Waals surface area contributed by atoms with Crippen LogP contribution in [0, 0.1) is 36.0 Å². The number of thiophene rings is 1. The van der Waals surface area contributed by atoms with E-state index in [0.29, 0.717) is 0 Å². The third-order valence-electron chi connectivity index (χ3n) is 4.49. The normalized spacial score (nSPS) is 14.2. The Morgan fingerprint density at radius 3 is 2.30 bits per heavy atom. The Labute approximate surface area is 171 Å². The van der Waals surface area contributed by atoms with Gasteiger partial charge in [-0.05, 0) is 36.1 Å². The van der Waals surface area contributed by atoms with E-state index < -0.39 is 41.3 Å². The van der Waals surface area contributed by atoms with Crippen LogP contribution in [-0.2, 0) is 6.61 Å². The van der Waals surface area contributed by atoms with Gasteiger partial charge in [-0.25, -0.2) is 22.0 Å². The van der Waals surface area contributed by atoms with Gasteiger partial charge in [0.05, 0.1) is 11.1 Å². The van der Waals surface area contributed by atoms with Gasteiger partial charge >= 0.3 is 0 Å². The molecule has 0 bridgehead atoms. The number of aryl methyl sites for hydroxylation is 1. The Morgan fingerprint density at radius 2 is 1.67 bits per heavy atom. The number of halogens is 5. The molecular weight excluding hydrogens is 427 g/mol.